The SMILES string of the molecule is CCOc1ccc(Br)cc1/C=C\C(N)=O. The Labute approximate surface area is 97.0 Å². The van der Waals surface area contributed by atoms with Crippen LogP contribution in [0, 0.1) is 0 Å². The van der Waals surface area contributed by atoms with Gasteiger partial charge in [0.05, 0.1) is 6.61 Å². The van der Waals surface area contributed by atoms with Crippen molar-refractivity contribution in [2.24, 2.45) is 5.73 Å². The van der Waals surface area contributed by atoms with Crippen LogP contribution < -0.4 is 10.5 Å². The number of rotatable bonds is 4. The third-order valence-corrected chi connectivity index (χ3v) is 2.19. The van der Waals surface area contributed by atoms with E-state index in [1.54, 1.807) is 6.08 Å². The van der Waals surface area contributed by atoms with Gasteiger partial charge in [-0.2, -0.15) is 0 Å². The molecule has 1 amide bonds. The van der Waals surface area contributed by atoms with Crippen LogP contribution in [0.3, 0.4) is 0 Å². The zero-order valence-corrected chi connectivity index (χ0v) is 9.95. The molecule has 1 aromatic rings. The minimum Gasteiger partial charge on any atom is -0.493 e. The zero-order chi connectivity index (χ0) is 11.3. The fourth-order valence-electron chi connectivity index (χ4n) is 1.11. The molecule has 0 spiro atoms. The van der Waals surface area contributed by atoms with E-state index >= 15 is 0 Å². The standard InChI is InChI=1S/C11H12BrNO2/c1-2-15-10-5-4-9(12)7-8(10)3-6-11(13)14/h3-7H,2H2,1H3,(H2,13,14)/b6-3-. The van der Waals surface area contributed by atoms with Gasteiger partial charge in [0.25, 0.3) is 0 Å². The molecule has 0 heterocycles. The van der Waals surface area contributed by atoms with Crippen molar-refractivity contribution >= 4 is 27.9 Å². The summed E-state index contributed by atoms with van der Waals surface area (Å²) < 4.78 is 6.33. The van der Waals surface area contributed by atoms with Crippen molar-refractivity contribution in [1.82, 2.24) is 0 Å². The molecule has 0 radical (unpaired) electrons. The van der Waals surface area contributed by atoms with Crippen LogP contribution in [0.25, 0.3) is 6.08 Å². The molecule has 0 aliphatic carbocycles. The van der Waals surface area contributed by atoms with Crippen LogP contribution in [-0.4, -0.2) is 12.5 Å². The van der Waals surface area contributed by atoms with E-state index < -0.39 is 5.91 Å². The monoisotopic (exact) mass is 269 g/mol. The summed E-state index contributed by atoms with van der Waals surface area (Å²) in [6.45, 7) is 2.49. The molecular formula is C11H12BrNO2. The van der Waals surface area contributed by atoms with E-state index in [1.807, 2.05) is 25.1 Å². The average Bonchev–Trinajstić information content (AvgIpc) is 2.18. The maximum absolute atomic E-state index is 10.6. The lowest BCUT2D eigenvalue weighted by Crippen LogP contribution is -2.05. The van der Waals surface area contributed by atoms with Crippen LogP contribution in [0.15, 0.2) is 28.7 Å². The number of halogens is 1. The van der Waals surface area contributed by atoms with Crippen molar-refractivity contribution in [2.75, 3.05) is 6.61 Å². The van der Waals surface area contributed by atoms with Crippen LogP contribution in [-0.2, 0) is 4.79 Å². The van der Waals surface area contributed by atoms with Crippen LogP contribution in [0.1, 0.15) is 12.5 Å². The molecule has 0 aliphatic rings. The summed E-state index contributed by atoms with van der Waals surface area (Å²) in [6.07, 6.45) is 2.95. The number of primary amides is 1. The number of carbonyl (C=O) groups excluding carboxylic acids is 1. The molecule has 1 rings (SSSR count). The van der Waals surface area contributed by atoms with E-state index in [0.29, 0.717) is 6.61 Å². The Morgan fingerprint density at radius 1 is 1.60 bits per heavy atom. The number of ether oxygens (including phenoxy) is 1. The van der Waals surface area contributed by atoms with Gasteiger partial charge in [-0.15, -0.1) is 0 Å². The maximum Gasteiger partial charge on any atom is 0.241 e. The zero-order valence-electron chi connectivity index (χ0n) is 8.37. The highest BCUT2D eigenvalue weighted by molar-refractivity contribution is 9.10. The molecule has 0 bridgehead atoms. The maximum atomic E-state index is 10.6. The Kier molecular flexibility index (Phi) is 4.37. The summed E-state index contributed by atoms with van der Waals surface area (Å²) in [5.41, 5.74) is 5.85. The molecule has 1 aromatic carbocycles. The van der Waals surface area contributed by atoms with Crippen LogP contribution in [0.2, 0.25) is 0 Å². The molecule has 0 fully saturated rings. The second-order valence-corrected chi connectivity index (χ2v) is 3.77. The van der Waals surface area contributed by atoms with Gasteiger partial charge >= 0.3 is 0 Å². The number of benzene rings is 1. The third kappa shape index (κ3) is 3.75. The predicted molar refractivity (Wildman–Crippen MR) is 63.5 cm³/mol. The van der Waals surface area contributed by atoms with Gasteiger partial charge in [0.15, 0.2) is 0 Å². The van der Waals surface area contributed by atoms with Gasteiger partial charge in [0.2, 0.25) is 5.91 Å². The van der Waals surface area contributed by atoms with E-state index in [2.05, 4.69) is 15.9 Å². The fraction of sp³-hybridized carbons (Fsp3) is 0.182. The first-order valence-electron chi connectivity index (χ1n) is 4.53. The minimum absolute atomic E-state index is 0.475. The summed E-state index contributed by atoms with van der Waals surface area (Å²) >= 11 is 3.35. The second-order valence-electron chi connectivity index (χ2n) is 2.85. The van der Waals surface area contributed by atoms with E-state index in [1.165, 1.54) is 6.08 Å². The van der Waals surface area contributed by atoms with Gasteiger partial charge in [-0.3, -0.25) is 4.79 Å². The van der Waals surface area contributed by atoms with Crippen molar-refractivity contribution in [3.63, 3.8) is 0 Å². The van der Waals surface area contributed by atoms with Gasteiger partial charge in [0, 0.05) is 16.1 Å². The molecule has 4 heteroatoms. The molecule has 0 saturated carbocycles. The number of amides is 1. The molecule has 0 aromatic heterocycles. The van der Waals surface area contributed by atoms with Gasteiger partial charge in [-0.1, -0.05) is 15.9 Å². The van der Waals surface area contributed by atoms with Crippen molar-refractivity contribution in [1.29, 1.82) is 0 Å². The molecule has 0 unspecified atom stereocenters. The smallest absolute Gasteiger partial charge is 0.241 e. The second kappa shape index (κ2) is 5.56. The number of nitrogens with two attached hydrogens (primary N) is 1. The highest BCUT2D eigenvalue weighted by Gasteiger charge is 2.01. The van der Waals surface area contributed by atoms with Crippen LogP contribution >= 0.6 is 15.9 Å². The van der Waals surface area contributed by atoms with Gasteiger partial charge in [0.1, 0.15) is 5.75 Å². The molecule has 3 nitrogen and oxygen atoms in total. The van der Waals surface area contributed by atoms with Crippen molar-refractivity contribution < 1.29 is 9.53 Å². The van der Waals surface area contributed by atoms with Crippen molar-refractivity contribution in [3.05, 3.63) is 34.3 Å². The Morgan fingerprint density at radius 3 is 2.93 bits per heavy atom. The first-order valence-corrected chi connectivity index (χ1v) is 5.32. The molecule has 0 aliphatic heterocycles. The minimum atomic E-state index is -0.475. The van der Waals surface area contributed by atoms with Crippen molar-refractivity contribution in [2.45, 2.75) is 6.92 Å². The molecule has 15 heavy (non-hydrogen) atoms. The topological polar surface area (TPSA) is 52.3 Å². The van der Waals surface area contributed by atoms with Crippen LogP contribution in [0.4, 0.5) is 0 Å². The summed E-state index contributed by atoms with van der Waals surface area (Å²) in [7, 11) is 0. The largest absolute Gasteiger partial charge is 0.493 e. The molecule has 0 saturated heterocycles. The third-order valence-electron chi connectivity index (χ3n) is 1.70. The fourth-order valence-corrected chi connectivity index (χ4v) is 1.49. The molecular weight excluding hydrogens is 258 g/mol. The molecule has 0 atom stereocenters. The highest BCUT2D eigenvalue weighted by Crippen LogP contribution is 2.24. The Bertz CT molecular complexity index is 388. The quantitative estimate of drug-likeness (QED) is 0.854. The van der Waals surface area contributed by atoms with E-state index in [9.17, 15) is 4.79 Å². The Balaban J connectivity index is 3.01. The molecule has 80 valence electrons. The van der Waals surface area contributed by atoms with Crippen molar-refractivity contribution in [3.8, 4) is 5.75 Å². The highest BCUT2D eigenvalue weighted by atomic mass is 79.9. The summed E-state index contributed by atoms with van der Waals surface area (Å²) in [4.78, 5) is 10.6. The van der Waals surface area contributed by atoms with E-state index in [4.69, 9.17) is 10.5 Å². The van der Waals surface area contributed by atoms with Crippen LogP contribution in [0.5, 0.6) is 5.75 Å². The summed E-state index contributed by atoms with van der Waals surface area (Å²) in [5, 5.41) is 0. The number of hydrogen-bond donors (Lipinski definition) is 1. The summed E-state index contributed by atoms with van der Waals surface area (Å²) in [6, 6.07) is 5.59. The summed E-state index contributed by atoms with van der Waals surface area (Å²) in [5.74, 6) is 0.260. The van der Waals surface area contributed by atoms with Gasteiger partial charge in [-0.05, 0) is 31.2 Å². The van der Waals surface area contributed by atoms with E-state index in [-0.39, 0.29) is 0 Å². The first kappa shape index (κ1) is 11.8. The lowest BCUT2D eigenvalue weighted by molar-refractivity contribution is -0.113. The normalized spacial score (nSPS) is 10.5. The lowest BCUT2D eigenvalue weighted by Gasteiger charge is -2.07. The molecule has 2 N–H and O–H groups in total. The van der Waals surface area contributed by atoms with Gasteiger partial charge in [-0.25, -0.2) is 0 Å². The van der Waals surface area contributed by atoms with E-state index in [0.717, 1.165) is 15.8 Å². The first-order chi connectivity index (χ1) is 7.13. The van der Waals surface area contributed by atoms with Gasteiger partial charge < -0.3 is 10.5 Å². The Morgan fingerprint density at radius 2 is 2.33 bits per heavy atom. The number of carbonyl (C=O) groups is 1. The number of hydrogen-bond acceptors (Lipinski definition) is 2. The Hall–Kier alpha value is -1.29. The predicted octanol–water partition coefficient (Wildman–Crippen LogP) is 2.35. The lowest BCUT2D eigenvalue weighted by atomic mass is 10.2. The average molecular weight is 270 g/mol.